The first-order valence-corrected chi connectivity index (χ1v) is 7.76. The summed E-state index contributed by atoms with van der Waals surface area (Å²) in [5.41, 5.74) is 2.36. The molecular weight excluding hydrogens is 285 g/mol. The van der Waals surface area contributed by atoms with Gasteiger partial charge in [-0.2, -0.15) is 0 Å². The van der Waals surface area contributed by atoms with Crippen LogP contribution in [0.2, 0.25) is 5.02 Å². The van der Waals surface area contributed by atoms with Gasteiger partial charge < -0.3 is 5.32 Å². The Morgan fingerprint density at radius 1 is 1.14 bits per heavy atom. The summed E-state index contributed by atoms with van der Waals surface area (Å²) in [5.74, 6) is 0.438. The third-order valence-corrected chi connectivity index (χ3v) is 4.57. The van der Waals surface area contributed by atoms with Crippen molar-refractivity contribution in [2.75, 3.05) is 0 Å². The van der Waals surface area contributed by atoms with E-state index in [2.05, 4.69) is 24.4 Å². The van der Waals surface area contributed by atoms with Crippen molar-refractivity contribution in [3.8, 4) is 0 Å². The molecule has 3 rings (SSSR count). The minimum atomic E-state index is -0.172. The molecule has 1 fully saturated rings. The molecule has 0 amide bonds. The summed E-state index contributed by atoms with van der Waals surface area (Å²) in [5, 5.41) is 4.36. The average molecular weight is 304 g/mol. The van der Waals surface area contributed by atoms with Crippen LogP contribution >= 0.6 is 11.6 Å². The highest BCUT2D eigenvalue weighted by atomic mass is 35.5. The van der Waals surface area contributed by atoms with Crippen LogP contribution in [0, 0.1) is 5.82 Å². The van der Waals surface area contributed by atoms with Gasteiger partial charge in [-0.05, 0) is 61.1 Å². The lowest BCUT2D eigenvalue weighted by Crippen LogP contribution is -2.41. The molecule has 0 aliphatic heterocycles. The Kier molecular flexibility index (Phi) is 4.27. The Labute approximate surface area is 130 Å². The van der Waals surface area contributed by atoms with Crippen LogP contribution in [0.15, 0.2) is 48.5 Å². The minimum absolute atomic E-state index is 0.172. The smallest absolute Gasteiger partial charge is 0.123 e. The molecule has 1 atom stereocenters. The Hall–Kier alpha value is -1.38. The second kappa shape index (κ2) is 6.17. The van der Waals surface area contributed by atoms with Crippen LogP contribution in [-0.2, 0) is 0 Å². The Bertz CT molecular complexity index is 605. The van der Waals surface area contributed by atoms with Crippen molar-refractivity contribution in [1.29, 1.82) is 0 Å². The molecule has 1 aliphatic rings. The van der Waals surface area contributed by atoms with Crippen LogP contribution in [0.4, 0.5) is 4.39 Å². The third-order valence-electron chi connectivity index (χ3n) is 4.31. The molecule has 2 aromatic carbocycles. The Morgan fingerprint density at radius 2 is 1.86 bits per heavy atom. The van der Waals surface area contributed by atoms with E-state index < -0.39 is 0 Å². The highest BCUT2D eigenvalue weighted by molar-refractivity contribution is 6.30. The van der Waals surface area contributed by atoms with E-state index in [0.29, 0.717) is 12.0 Å². The summed E-state index contributed by atoms with van der Waals surface area (Å²) in [6, 6.07) is 15.6. The van der Waals surface area contributed by atoms with Crippen LogP contribution in [0.5, 0.6) is 0 Å². The van der Waals surface area contributed by atoms with Crippen molar-refractivity contribution in [2.24, 2.45) is 0 Å². The van der Waals surface area contributed by atoms with E-state index in [-0.39, 0.29) is 11.9 Å². The first-order valence-electron chi connectivity index (χ1n) is 7.39. The zero-order valence-corrected chi connectivity index (χ0v) is 12.8. The summed E-state index contributed by atoms with van der Waals surface area (Å²) in [6.07, 6.45) is 2.25. The van der Waals surface area contributed by atoms with Crippen LogP contribution in [0.25, 0.3) is 0 Å². The molecule has 0 bridgehead atoms. The number of benzene rings is 2. The maximum atomic E-state index is 13.2. The van der Waals surface area contributed by atoms with Crippen molar-refractivity contribution in [3.05, 3.63) is 70.5 Å². The fraction of sp³-hybridized carbons (Fsp3) is 0.333. The molecule has 110 valence electrons. The molecule has 1 saturated carbocycles. The fourth-order valence-corrected chi connectivity index (χ4v) is 3.11. The highest BCUT2D eigenvalue weighted by Crippen LogP contribution is 2.38. The minimum Gasteiger partial charge on any atom is -0.307 e. The predicted molar refractivity (Wildman–Crippen MR) is 85.2 cm³/mol. The fourth-order valence-electron chi connectivity index (χ4n) is 2.99. The van der Waals surface area contributed by atoms with Crippen molar-refractivity contribution >= 4 is 11.6 Å². The van der Waals surface area contributed by atoms with Gasteiger partial charge in [-0.25, -0.2) is 4.39 Å². The van der Waals surface area contributed by atoms with Crippen LogP contribution in [0.1, 0.15) is 42.9 Å². The van der Waals surface area contributed by atoms with Gasteiger partial charge in [0.25, 0.3) is 0 Å². The van der Waals surface area contributed by atoms with Crippen molar-refractivity contribution in [2.45, 2.75) is 37.8 Å². The molecule has 2 aromatic rings. The Balaban J connectivity index is 1.54. The van der Waals surface area contributed by atoms with Gasteiger partial charge in [0.1, 0.15) is 5.82 Å². The lowest BCUT2D eigenvalue weighted by Gasteiger charge is -2.38. The lowest BCUT2D eigenvalue weighted by molar-refractivity contribution is 0.270. The van der Waals surface area contributed by atoms with Crippen molar-refractivity contribution in [1.82, 2.24) is 5.32 Å². The van der Waals surface area contributed by atoms with E-state index in [4.69, 9.17) is 11.6 Å². The van der Waals surface area contributed by atoms with Crippen molar-refractivity contribution < 1.29 is 4.39 Å². The largest absolute Gasteiger partial charge is 0.307 e. The number of halogens is 2. The van der Waals surface area contributed by atoms with E-state index in [1.807, 2.05) is 18.2 Å². The number of rotatable bonds is 4. The zero-order chi connectivity index (χ0) is 14.8. The molecule has 1 N–H and O–H groups in total. The molecule has 3 heteroatoms. The van der Waals surface area contributed by atoms with Gasteiger partial charge >= 0.3 is 0 Å². The zero-order valence-electron chi connectivity index (χ0n) is 12.0. The molecule has 0 unspecified atom stereocenters. The summed E-state index contributed by atoms with van der Waals surface area (Å²) >= 11 is 5.91. The summed E-state index contributed by atoms with van der Waals surface area (Å²) in [7, 11) is 0. The van der Waals surface area contributed by atoms with Gasteiger partial charge in [-0.15, -0.1) is 0 Å². The van der Waals surface area contributed by atoms with E-state index in [9.17, 15) is 4.39 Å². The van der Waals surface area contributed by atoms with Crippen LogP contribution < -0.4 is 5.32 Å². The van der Waals surface area contributed by atoms with E-state index in [0.717, 1.165) is 23.4 Å². The highest BCUT2D eigenvalue weighted by Gasteiger charge is 2.31. The molecule has 0 aromatic heterocycles. The first kappa shape index (κ1) is 14.6. The number of hydrogen-bond donors (Lipinski definition) is 1. The molecular formula is C18H19ClFN. The maximum Gasteiger partial charge on any atom is 0.123 e. The quantitative estimate of drug-likeness (QED) is 0.831. The van der Waals surface area contributed by atoms with Gasteiger partial charge in [0, 0.05) is 17.1 Å². The SMILES string of the molecule is C[C@@H](NC1CC(c2ccc(Cl)cc2)C1)c1cccc(F)c1. The second-order valence-corrected chi connectivity index (χ2v) is 6.30. The maximum absolute atomic E-state index is 13.2. The molecule has 0 saturated heterocycles. The van der Waals surface area contributed by atoms with E-state index in [1.54, 1.807) is 12.1 Å². The topological polar surface area (TPSA) is 12.0 Å². The monoisotopic (exact) mass is 303 g/mol. The molecule has 0 heterocycles. The summed E-state index contributed by atoms with van der Waals surface area (Å²) < 4.78 is 13.2. The van der Waals surface area contributed by atoms with Crippen LogP contribution in [-0.4, -0.2) is 6.04 Å². The van der Waals surface area contributed by atoms with Gasteiger partial charge in [0.15, 0.2) is 0 Å². The molecule has 0 radical (unpaired) electrons. The number of nitrogens with one attached hydrogen (secondary N) is 1. The molecule has 21 heavy (non-hydrogen) atoms. The standard InChI is InChI=1S/C18H19ClFN/c1-12(14-3-2-4-17(20)9-14)21-18-10-15(11-18)13-5-7-16(19)8-6-13/h2-9,12,15,18,21H,10-11H2,1H3/t12-,15?,18?/m1/s1. The van der Waals surface area contributed by atoms with E-state index in [1.165, 1.54) is 11.6 Å². The van der Waals surface area contributed by atoms with Gasteiger partial charge in [0.2, 0.25) is 0 Å². The summed E-state index contributed by atoms with van der Waals surface area (Å²) in [6.45, 7) is 2.09. The Morgan fingerprint density at radius 3 is 2.52 bits per heavy atom. The predicted octanol–water partition coefficient (Wildman–Crippen LogP) is 5.08. The van der Waals surface area contributed by atoms with E-state index >= 15 is 0 Å². The lowest BCUT2D eigenvalue weighted by atomic mass is 9.75. The third kappa shape index (κ3) is 3.45. The normalized spacial score (nSPS) is 22.6. The average Bonchev–Trinajstić information content (AvgIpc) is 2.43. The van der Waals surface area contributed by atoms with Gasteiger partial charge in [0.05, 0.1) is 0 Å². The molecule has 1 aliphatic carbocycles. The first-order chi connectivity index (χ1) is 10.1. The van der Waals surface area contributed by atoms with Gasteiger partial charge in [-0.3, -0.25) is 0 Å². The van der Waals surface area contributed by atoms with Crippen molar-refractivity contribution in [3.63, 3.8) is 0 Å². The van der Waals surface area contributed by atoms with Gasteiger partial charge in [-0.1, -0.05) is 35.9 Å². The molecule has 1 nitrogen and oxygen atoms in total. The number of hydrogen-bond acceptors (Lipinski definition) is 1. The molecule has 0 spiro atoms. The second-order valence-electron chi connectivity index (χ2n) is 5.86. The summed E-state index contributed by atoms with van der Waals surface area (Å²) in [4.78, 5) is 0. The van der Waals surface area contributed by atoms with Crippen LogP contribution in [0.3, 0.4) is 0 Å².